The van der Waals surface area contributed by atoms with Crippen LogP contribution in [0.1, 0.15) is 16.8 Å². The molecule has 1 amide bonds. The first kappa shape index (κ1) is 14.7. The third kappa shape index (κ3) is 4.47. The summed E-state index contributed by atoms with van der Waals surface area (Å²) in [5.41, 5.74) is 5.99. The second-order valence-electron chi connectivity index (χ2n) is 3.77. The van der Waals surface area contributed by atoms with Crippen LogP contribution in [-0.4, -0.2) is 28.9 Å². The molecule has 0 atom stereocenters. The van der Waals surface area contributed by atoms with Gasteiger partial charge in [0.15, 0.2) is 0 Å². The minimum atomic E-state index is -0.103. The van der Waals surface area contributed by atoms with Crippen molar-refractivity contribution in [1.82, 2.24) is 4.90 Å². The fourth-order valence-electron chi connectivity index (χ4n) is 1.48. The Kier molecular flexibility index (Phi) is 5.82. The van der Waals surface area contributed by atoms with Crippen molar-refractivity contribution in [3.8, 4) is 0 Å². The zero-order chi connectivity index (χ0) is 13.5. The third-order valence-electron chi connectivity index (χ3n) is 2.34. The minimum Gasteiger partial charge on any atom is -0.393 e. The number of hydrogen-bond donors (Lipinski definition) is 1. The van der Waals surface area contributed by atoms with Gasteiger partial charge in [0.25, 0.3) is 5.91 Å². The van der Waals surface area contributed by atoms with Gasteiger partial charge in [-0.3, -0.25) is 4.79 Å². The maximum atomic E-state index is 12.2. The van der Waals surface area contributed by atoms with Gasteiger partial charge in [0, 0.05) is 30.1 Å². The lowest BCUT2D eigenvalue weighted by molar-refractivity contribution is 0.0778. The lowest BCUT2D eigenvalue weighted by atomic mass is 10.2. The Morgan fingerprint density at radius 3 is 2.83 bits per heavy atom. The van der Waals surface area contributed by atoms with Crippen molar-refractivity contribution in [3.63, 3.8) is 0 Å². The van der Waals surface area contributed by atoms with Crippen LogP contribution in [0.15, 0.2) is 36.9 Å². The molecule has 1 aromatic carbocycles. The molecule has 0 spiro atoms. The average Bonchev–Trinajstić information content (AvgIpc) is 2.33. The molecule has 0 bridgehead atoms. The van der Waals surface area contributed by atoms with Crippen LogP contribution in [0, 0.1) is 0 Å². The molecular formula is C13H15ClN2OS. The van der Waals surface area contributed by atoms with E-state index >= 15 is 0 Å². The molecule has 96 valence electrons. The monoisotopic (exact) mass is 282 g/mol. The average molecular weight is 283 g/mol. The zero-order valence-electron chi connectivity index (χ0n) is 9.93. The third-order valence-corrected chi connectivity index (χ3v) is 2.78. The number of thiocarbonyl (C=S) groups is 1. The molecule has 0 saturated heterocycles. The highest BCUT2D eigenvalue weighted by Gasteiger charge is 2.14. The second-order valence-corrected chi connectivity index (χ2v) is 4.73. The molecule has 0 unspecified atom stereocenters. The van der Waals surface area contributed by atoms with E-state index in [-0.39, 0.29) is 5.91 Å². The summed E-state index contributed by atoms with van der Waals surface area (Å²) in [4.78, 5) is 14.3. The van der Waals surface area contributed by atoms with Crippen LogP contribution in [0.2, 0.25) is 5.02 Å². The molecule has 1 rings (SSSR count). The Bertz CT molecular complexity index is 462. The highest BCUT2D eigenvalue weighted by atomic mass is 35.5. The van der Waals surface area contributed by atoms with Gasteiger partial charge in [-0.05, 0) is 18.2 Å². The number of amides is 1. The second kappa shape index (κ2) is 7.13. The first-order valence-corrected chi connectivity index (χ1v) is 6.27. The zero-order valence-corrected chi connectivity index (χ0v) is 11.5. The van der Waals surface area contributed by atoms with Crippen LogP contribution >= 0.6 is 23.8 Å². The topological polar surface area (TPSA) is 46.3 Å². The standard InChI is InChI=1S/C13H15ClN2OS/c1-2-7-16(8-6-12(15)18)13(17)10-4-3-5-11(14)9-10/h2-5,9H,1,6-8H2,(H2,15,18). The number of halogens is 1. The van der Waals surface area contributed by atoms with Gasteiger partial charge in [-0.15, -0.1) is 6.58 Å². The summed E-state index contributed by atoms with van der Waals surface area (Å²) in [7, 11) is 0. The Hall–Kier alpha value is -1.39. The summed E-state index contributed by atoms with van der Waals surface area (Å²) in [6.07, 6.45) is 2.16. The van der Waals surface area contributed by atoms with Crippen molar-refractivity contribution in [2.75, 3.05) is 13.1 Å². The van der Waals surface area contributed by atoms with Gasteiger partial charge in [-0.2, -0.15) is 0 Å². The number of carbonyl (C=O) groups is 1. The molecule has 0 aliphatic rings. The Balaban J connectivity index is 2.81. The maximum absolute atomic E-state index is 12.2. The van der Waals surface area contributed by atoms with Gasteiger partial charge in [0.05, 0.1) is 4.99 Å². The summed E-state index contributed by atoms with van der Waals surface area (Å²) in [6.45, 7) is 4.57. The Morgan fingerprint density at radius 2 is 2.28 bits per heavy atom. The van der Waals surface area contributed by atoms with Gasteiger partial charge in [-0.1, -0.05) is 36.0 Å². The van der Waals surface area contributed by atoms with Crippen LogP contribution in [0.25, 0.3) is 0 Å². The first-order chi connectivity index (χ1) is 8.54. The van der Waals surface area contributed by atoms with Gasteiger partial charge in [0.2, 0.25) is 0 Å². The van der Waals surface area contributed by atoms with Crippen molar-refractivity contribution in [1.29, 1.82) is 0 Å². The van der Waals surface area contributed by atoms with Gasteiger partial charge in [0.1, 0.15) is 0 Å². The molecule has 0 fully saturated rings. The van der Waals surface area contributed by atoms with Crippen LogP contribution in [0.4, 0.5) is 0 Å². The van der Waals surface area contributed by atoms with Crippen molar-refractivity contribution < 1.29 is 4.79 Å². The van der Waals surface area contributed by atoms with E-state index in [9.17, 15) is 4.79 Å². The lowest BCUT2D eigenvalue weighted by Gasteiger charge is -2.21. The number of benzene rings is 1. The molecule has 3 nitrogen and oxygen atoms in total. The first-order valence-electron chi connectivity index (χ1n) is 5.48. The largest absolute Gasteiger partial charge is 0.393 e. The quantitative estimate of drug-likeness (QED) is 0.644. The van der Waals surface area contributed by atoms with Crippen molar-refractivity contribution in [3.05, 3.63) is 47.5 Å². The number of carbonyl (C=O) groups excluding carboxylic acids is 1. The molecule has 0 heterocycles. The Morgan fingerprint density at radius 1 is 1.56 bits per heavy atom. The normalized spacial score (nSPS) is 9.83. The van der Waals surface area contributed by atoms with Gasteiger partial charge in [-0.25, -0.2) is 0 Å². The predicted molar refractivity (Wildman–Crippen MR) is 79.0 cm³/mol. The van der Waals surface area contributed by atoms with Gasteiger partial charge >= 0.3 is 0 Å². The Labute approximate surface area is 117 Å². The van der Waals surface area contributed by atoms with Crippen molar-refractivity contribution in [2.45, 2.75) is 6.42 Å². The van der Waals surface area contributed by atoms with E-state index in [1.807, 2.05) is 0 Å². The number of nitrogens with zero attached hydrogens (tertiary/aromatic N) is 1. The summed E-state index contributed by atoms with van der Waals surface area (Å²) < 4.78 is 0. The van der Waals surface area contributed by atoms with E-state index in [1.165, 1.54) is 0 Å². The molecule has 0 aliphatic carbocycles. The summed E-state index contributed by atoms with van der Waals surface area (Å²) in [5.74, 6) is -0.103. The van der Waals surface area contributed by atoms with E-state index in [4.69, 9.17) is 29.6 Å². The smallest absolute Gasteiger partial charge is 0.254 e. The minimum absolute atomic E-state index is 0.103. The molecule has 0 radical (unpaired) electrons. The van der Waals surface area contributed by atoms with Crippen LogP contribution in [0.5, 0.6) is 0 Å². The van der Waals surface area contributed by atoms with E-state index in [0.29, 0.717) is 35.1 Å². The number of hydrogen-bond acceptors (Lipinski definition) is 2. The molecular weight excluding hydrogens is 268 g/mol. The van der Waals surface area contributed by atoms with E-state index in [1.54, 1.807) is 35.2 Å². The lowest BCUT2D eigenvalue weighted by Crippen LogP contribution is -2.33. The molecule has 2 N–H and O–H groups in total. The highest BCUT2D eigenvalue weighted by molar-refractivity contribution is 7.80. The summed E-state index contributed by atoms with van der Waals surface area (Å²) in [6, 6.07) is 6.84. The molecule has 0 saturated carbocycles. The maximum Gasteiger partial charge on any atom is 0.254 e. The SMILES string of the molecule is C=CCN(CCC(N)=S)C(=O)c1cccc(Cl)c1. The van der Waals surface area contributed by atoms with Crippen molar-refractivity contribution >= 4 is 34.7 Å². The highest BCUT2D eigenvalue weighted by Crippen LogP contribution is 2.13. The van der Waals surface area contributed by atoms with Crippen LogP contribution < -0.4 is 5.73 Å². The molecule has 5 heteroatoms. The van der Waals surface area contributed by atoms with Crippen LogP contribution in [0.3, 0.4) is 0 Å². The fraction of sp³-hybridized carbons (Fsp3) is 0.231. The van der Waals surface area contributed by atoms with Crippen LogP contribution in [-0.2, 0) is 0 Å². The van der Waals surface area contributed by atoms with Gasteiger partial charge < -0.3 is 10.6 Å². The summed E-state index contributed by atoms with van der Waals surface area (Å²) in [5, 5.41) is 0.536. The molecule has 18 heavy (non-hydrogen) atoms. The predicted octanol–water partition coefficient (Wildman–Crippen LogP) is 2.64. The number of nitrogens with two attached hydrogens (primary N) is 1. The fourth-order valence-corrected chi connectivity index (χ4v) is 1.76. The molecule has 1 aromatic rings. The molecule has 0 aromatic heterocycles. The van der Waals surface area contributed by atoms with E-state index in [0.717, 1.165) is 0 Å². The summed E-state index contributed by atoms with van der Waals surface area (Å²) >= 11 is 10.7. The van der Waals surface area contributed by atoms with Crippen molar-refractivity contribution in [2.24, 2.45) is 5.73 Å². The number of rotatable bonds is 6. The van der Waals surface area contributed by atoms with E-state index in [2.05, 4.69) is 6.58 Å². The van der Waals surface area contributed by atoms with E-state index < -0.39 is 0 Å². The molecule has 0 aliphatic heterocycles.